The number of aromatic nitrogens is 1. The van der Waals surface area contributed by atoms with Gasteiger partial charge in [0, 0.05) is 25.0 Å². The maximum atomic E-state index is 4.58. The average molecular weight is 261 g/mol. The number of pyridine rings is 1. The largest absolute Gasteiger partial charge is 0.370 e. The lowest BCUT2D eigenvalue weighted by Crippen LogP contribution is -2.21. The lowest BCUT2D eigenvalue weighted by atomic mass is 10.3. The van der Waals surface area contributed by atoms with Crippen LogP contribution >= 0.6 is 11.3 Å². The first kappa shape index (κ1) is 12.9. The van der Waals surface area contributed by atoms with Crippen LogP contribution in [0.5, 0.6) is 0 Å². The topological polar surface area (TPSA) is 28.2 Å². The first-order valence-electron chi connectivity index (χ1n) is 6.24. The fraction of sp³-hybridized carbons (Fsp3) is 0.357. The molecule has 0 fully saturated rings. The fourth-order valence-corrected chi connectivity index (χ4v) is 2.46. The minimum atomic E-state index is 0.898. The summed E-state index contributed by atoms with van der Waals surface area (Å²) in [6.45, 7) is 3.97. The molecule has 18 heavy (non-hydrogen) atoms. The highest BCUT2D eigenvalue weighted by Crippen LogP contribution is 2.15. The minimum absolute atomic E-state index is 0.898. The Morgan fingerprint density at radius 3 is 2.89 bits per heavy atom. The molecule has 0 aromatic carbocycles. The molecule has 0 aliphatic heterocycles. The zero-order valence-corrected chi connectivity index (χ0v) is 11.7. The number of hydrogen-bond donors (Lipinski definition) is 1. The van der Waals surface area contributed by atoms with Gasteiger partial charge in [-0.15, -0.1) is 11.3 Å². The average Bonchev–Trinajstić information content (AvgIpc) is 2.90. The van der Waals surface area contributed by atoms with Crippen LogP contribution in [0.1, 0.15) is 11.8 Å². The van der Waals surface area contributed by atoms with Crippen molar-refractivity contribution in [3.05, 3.63) is 40.6 Å². The van der Waals surface area contributed by atoms with E-state index in [1.54, 1.807) is 0 Å². The first-order chi connectivity index (χ1) is 8.79. The van der Waals surface area contributed by atoms with Crippen LogP contribution in [0.15, 0.2) is 35.7 Å². The fourth-order valence-electron chi connectivity index (χ4n) is 1.76. The van der Waals surface area contributed by atoms with Crippen molar-refractivity contribution in [1.82, 2.24) is 4.98 Å². The summed E-state index contributed by atoms with van der Waals surface area (Å²) in [4.78, 5) is 8.20. The van der Waals surface area contributed by atoms with E-state index >= 15 is 0 Å². The molecular weight excluding hydrogens is 242 g/mol. The Labute approximate surface area is 112 Å². The number of nitrogens with one attached hydrogen (secondary N) is 1. The van der Waals surface area contributed by atoms with Crippen molar-refractivity contribution in [2.45, 2.75) is 13.3 Å². The van der Waals surface area contributed by atoms with Crippen molar-refractivity contribution < 1.29 is 0 Å². The first-order valence-corrected chi connectivity index (χ1v) is 7.12. The molecule has 0 amide bonds. The van der Waals surface area contributed by atoms with E-state index < -0.39 is 0 Å². The van der Waals surface area contributed by atoms with Gasteiger partial charge in [-0.25, -0.2) is 4.98 Å². The molecule has 0 atom stereocenters. The predicted molar refractivity (Wildman–Crippen MR) is 79.7 cm³/mol. The van der Waals surface area contributed by atoms with Crippen LogP contribution in [0.4, 0.5) is 11.6 Å². The molecule has 0 aliphatic rings. The van der Waals surface area contributed by atoms with Gasteiger partial charge in [0.25, 0.3) is 0 Å². The third kappa shape index (κ3) is 3.47. The van der Waals surface area contributed by atoms with Crippen LogP contribution in [0, 0.1) is 0 Å². The minimum Gasteiger partial charge on any atom is -0.370 e. The summed E-state index contributed by atoms with van der Waals surface area (Å²) in [5.41, 5.74) is 0. The van der Waals surface area contributed by atoms with Gasteiger partial charge in [0.05, 0.1) is 0 Å². The van der Waals surface area contributed by atoms with E-state index in [4.69, 9.17) is 0 Å². The normalized spacial score (nSPS) is 10.3. The Bertz CT molecular complexity index is 468. The zero-order valence-electron chi connectivity index (χ0n) is 10.9. The van der Waals surface area contributed by atoms with Crippen LogP contribution < -0.4 is 10.2 Å². The van der Waals surface area contributed by atoms with Crippen molar-refractivity contribution in [3.63, 3.8) is 0 Å². The van der Waals surface area contributed by atoms with E-state index in [0.29, 0.717) is 0 Å². The van der Waals surface area contributed by atoms with E-state index in [1.807, 2.05) is 23.5 Å². The lowest BCUT2D eigenvalue weighted by molar-refractivity contribution is 0.869. The third-order valence-electron chi connectivity index (χ3n) is 2.76. The van der Waals surface area contributed by atoms with Gasteiger partial charge >= 0.3 is 0 Å². The molecule has 0 unspecified atom stereocenters. The van der Waals surface area contributed by atoms with E-state index in [9.17, 15) is 0 Å². The molecule has 2 rings (SSSR count). The van der Waals surface area contributed by atoms with E-state index in [0.717, 1.165) is 31.1 Å². The van der Waals surface area contributed by atoms with Gasteiger partial charge in [-0.3, -0.25) is 0 Å². The maximum absolute atomic E-state index is 4.58. The molecule has 3 nitrogen and oxygen atoms in total. The van der Waals surface area contributed by atoms with Crippen LogP contribution in [0.3, 0.4) is 0 Å². The second kappa shape index (κ2) is 6.40. The Hall–Kier alpha value is -1.55. The number of hydrogen-bond acceptors (Lipinski definition) is 4. The van der Waals surface area contributed by atoms with Gasteiger partial charge in [-0.05, 0) is 36.9 Å². The molecule has 2 heterocycles. The smallest absolute Gasteiger partial charge is 0.130 e. The van der Waals surface area contributed by atoms with Crippen LogP contribution in [-0.4, -0.2) is 25.1 Å². The Morgan fingerprint density at radius 2 is 2.17 bits per heavy atom. The van der Waals surface area contributed by atoms with Gasteiger partial charge in [0.1, 0.15) is 11.6 Å². The highest BCUT2D eigenvalue weighted by molar-refractivity contribution is 7.09. The van der Waals surface area contributed by atoms with Gasteiger partial charge in [0.15, 0.2) is 0 Å². The summed E-state index contributed by atoms with van der Waals surface area (Å²) in [7, 11) is 2.09. The van der Waals surface area contributed by atoms with Crippen LogP contribution in [0.25, 0.3) is 0 Å². The number of rotatable bonds is 6. The molecule has 0 spiro atoms. The zero-order chi connectivity index (χ0) is 12.8. The summed E-state index contributed by atoms with van der Waals surface area (Å²) in [6, 6.07) is 10.4. The number of anilines is 2. The molecule has 96 valence electrons. The predicted octanol–water partition coefficient (Wildman–Crippen LogP) is 3.25. The van der Waals surface area contributed by atoms with Gasteiger partial charge in [-0.1, -0.05) is 12.1 Å². The number of likely N-dealkylation sites (N-methyl/N-ethyl adjacent to an activating group) is 1. The molecule has 2 aromatic heterocycles. The summed E-state index contributed by atoms with van der Waals surface area (Å²) < 4.78 is 0. The van der Waals surface area contributed by atoms with E-state index in [-0.39, 0.29) is 0 Å². The molecule has 0 saturated heterocycles. The molecular formula is C14H19N3S. The van der Waals surface area contributed by atoms with Crippen molar-refractivity contribution in [2.24, 2.45) is 0 Å². The maximum Gasteiger partial charge on any atom is 0.130 e. The van der Waals surface area contributed by atoms with E-state index in [1.165, 1.54) is 4.88 Å². The summed E-state index contributed by atoms with van der Waals surface area (Å²) in [5.74, 6) is 1.96. The second-order valence-electron chi connectivity index (χ2n) is 4.16. The van der Waals surface area contributed by atoms with Crippen molar-refractivity contribution in [3.8, 4) is 0 Å². The molecule has 4 heteroatoms. The van der Waals surface area contributed by atoms with Crippen molar-refractivity contribution in [2.75, 3.05) is 30.4 Å². The monoisotopic (exact) mass is 261 g/mol. The van der Waals surface area contributed by atoms with Gasteiger partial charge in [-0.2, -0.15) is 0 Å². The third-order valence-corrected chi connectivity index (χ3v) is 3.69. The van der Waals surface area contributed by atoms with E-state index in [2.05, 4.69) is 52.8 Å². The van der Waals surface area contributed by atoms with Gasteiger partial charge < -0.3 is 10.2 Å². The number of nitrogens with zero attached hydrogens (tertiary/aromatic N) is 2. The van der Waals surface area contributed by atoms with Gasteiger partial charge in [0.2, 0.25) is 0 Å². The SMILES string of the molecule is CCNc1cccc(N(C)CCc2cccs2)n1. The Morgan fingerprint density at radius 1 is 1.28 bits per heavy atom. The molecule has 0 radical (unpaired) electrons. The second-order valence-corrected chi connectivity index (χ2v) is 5.19. The molecule has 2 aromatic rings. The quantitative estimate of drug-likeness (QED) is 0.865. The molecule has 1 N–H and O–H groups in total. The Balaban J connectivity index is 1.95. The highest BCUT2D eigenvalue weighted by atomic mass is 32.1. The molecule has 0 bridgehead atoms. The highest BCUT2D eigenvalue weighted by Gasteiger charge is 2.04. The summed E-state index contributed by atoms with van der Waals surface area (Å²) in [5, 5.41) is 5.36. The Kier molecular flexibility index (Phi) is 4.59. The number of thiophene rings is 1. The van der Waals surface area contributed by atoms with Crippen LogP contribution in [0.2, 0.25) is 0 Å². The standard InChI is InChI=1S/C14H19N3S/c1-3-15-13-7-4-8-14(16-13)17(2)10-9-12-6-5-11-18-12/h4-8,11H,3,9-10H2,1-2H3,(H,15,16). The molecule has 0 aliphatic carbocycles. The molecule has 0 saturated carbocycles. The summed E-state index contributed by atoms with van der Waals surface area (Å²) in [6.07, 6.45) is 1.07. The summed E-state index contributed by atoms with van der Waals surface area (Å²) >= 11 is 1.81. The van der Waals surface area contributed by atoms with Crippen molar-refractivity contribution in [1.29, 1.82) is 0 Å². The lowest BCUT2D eigenvalue weighted by Gasteiger charge is -2.18. The van der Waals surface area contributed by atoms with Crippen molar-refractivity contribution >= 4 is 23.0 Å². The van der Waals surface area contributed by atoms with Crippen LogP contribution in [-0.2, 0) is 6.42 Å².